The van der Waals surface area contributed by atoms with Crippen molar-refractivity contribution >= 4 is 0 Å². The average Bonchev–Trinajstić information content (AvgIpc) is 3.21. The van der Waals surface area contributed by atoms with Gasteiger partial charge in [0.1, 0.15) is 5.69 Å². The summed E-state index contributed by atoms with van der Waals surface area (Å²) in [7, 11) is 0. The van der Waals surface area contributed by atoms with Crippen LogP contribution in [-0.4, -0.2) is 4.57 Å². The Bertz CT molecular complexity index is 1310. The Balaban J connectivity index is 1.98. The topological polar surface area (TPSA) is 8.81 Å². The molecule has 0 spiro atoms. The van der Waals surface area contributed by atoms with Gasteiger partial charge in [0.25, 0.3) is 5.82 Å². The molecule has 2 nitrogen and oxygen atoms in total. The van der Waals surface area contributed by atoms with Crippen LogP contribution in [0.3, 0.4) is 0 Å². The maximum absolute atomic E-state index is 9.73. The molecule has 27 heavy (non-hydrogen) atoms. The molecule has 0 N–H and O–H groups in total. The Morgan fingerprint density at radius 3 is 2.37 bits per heavy atom. The van der Waals surface area contributed by atoms with Crippen LogP contribution in [-0.2, 0) is 0 Å². The number of hydrogen-bond donors (Lipinski definition) is 0. The lowest BCUT2D eigenvalue weighted by Crippen LogP contribution is -2.40. The maximum Gasteiger partial charge on any atom is 0.259 e. The summed E-state index contributed by atoms with van der Waals surface area (Å²) in [5.74, 6) is 0.143. The molecule has 1 atom stereocenters. The minimum absolute atomic E-state index is 0.143. The molecule has 5 rings (SSSR count). The Morgan fingerprint density at radius 1 is 0.889 bits per heavy atom. The van der Waals surface area contributed by atoms with Gasteiger partial charge < -0.3 is 0 Å². The standard InChI is InChI=1S/C25H23N2/c1-17-11-7-10-16-23(17)26-18(2)24-21-14-8-9-15-22(21)25(27(24)19(26)3)20-12-5-4-6-13-20/h4-16,25H,1-3H3/q+1/i3D3,25D. The van der Waals surface area contributed by atoms with E-state index in [0.717, 1.165) is 39.3 Å². The first-order chi connectivity index (χ1) is 14.8. The maximum atomic E-state index is 9.73. The normalized spacial score (nSPS) is 20.2. The van der Waals surface area contributed by atoms with Crippen LogP contribution in [0.2, 0.25) is 0 Å². The minimum Gasteiger partial charge on any atom is -0.216 e. The van der Waals surface area contributed by atoms with Crippen LogP contribution in [0, 0.1) is 20.7 Å². The van der Waals surface area contributed by atoms with E-state index in [1.807, 2.05) is 97.3 Å². The fourth-order valence-electron chi connectivity index (χ4n) is 4.17. The molecule has 0 amide bonds. The molecular formula is C25H23N2+. The predicted molar refractivity (Wildman–Crippen MR) is 109 cm³/mol. The fraction of sp³-hybridized carbons (Fsp3) is 0.160. The summed E-state index contributed by atoms with van der Waals surface area (Å²) in [6.45, 7) is 1.50. The summed E-state index contributed by atoms with van der Waals surface area (Å²) in [5.41, 5.74) is 5.83. The van der Waals surface area contributed by atoms with Crippen LogP contribution in [0.1, 0.15) is 39.7 Å². The molecule has 1 aliphatic heterocycles. The van der Waals surface area contributed by atoms with Crippen LogP contribution in [0.4, 0.5) is 0 Å². The van der Waals surface area contributed by atoms with Crippen LogP contribution in [0.25, 0.3) is 16.9 Å². The summed E-state index contributed by atoms with van der Waals surface area (Å²) in [6.07, 6.45) is 0. The monoisotopic (exact) mass is 355 g/mol. The van der Waals surface area contributed by atoms with Crippen LogP contribution >= 0.6 is 0 Å². The second-order valence-corrected chi connectivity index (χ2v) is 6.98. The molecule has 0 saturated heterocycles. The molecule has 1 aliphatic rings. The predicted octanol–water partition coefficient (Wildman–Crippen LogP) is 5.31. The summed E-state index contributed by atoms with van der Waals surface area (Å²) < 4.78 is 38.7. The molecule has 1 aromatic heterocycles. The van der Waals surface area contributed by atoms with Gasteiger partial charge >= 0.3 is 0 Å². The molecule has 2 heteroatoms. The lowest BCUT2D eigenvalue weighted by atomic mass is 9.97. The number of benzene rings is 3. The van der Waals surface area contributed by atoms with Gasteiger partial charge in [0.15, 0.2) is 17.4 Å². The minimum atomic E-state index is -2.42. The zero-order valence-electron chi connectivity index (χ0n) is 19.4. The third-order valence-corrected chi connectivity index (χ3v) is 5.39. The highest BCUT2D eigenvalue weighted by Crippen LogP contribution is 2.40. The summed E-state index contributed by atoms with van der Waals surface area (Å²) in [5, 5.41) is 0. The van der Waals surface area contributed by atoms with E-state index in [1.54, 1.807) is 4.57 Å². The van der Waals surface area contributed by atoms with Crippen LogP contribution in [0.15, 0.2) is 78.9 Å². The van der Waals surface area contributed by atoms with Gasteiger partial charge in [-0.25, -0.2) is 4.57 Å². The van der Waals surface area contributed by atoms with Crippen molar-refractivity contribution in [2.75, 3.05) is 0 Å². The highest BCUT2D eigenvalue weighted by molar-refractivity contribution is 5.69. The quantitative estimate of drug-likeness (QED) is 0.431. The third kappa shape index (κ3) is 2.23. The van der Waals surface area contributed by atoms with Gasteiger partial charge in [0.05, 0.1) is 1.37 Å². The van der Waals surface area contributed by atoms with E-state index in [9.17, 15) is 1.37 Å². The highest BCUT2D eigenvalue weighted by Gasteiger charge is 2.41. The number of para-hydroxylation sites is 1. The molecule has 3 aromatic carbocycles. The van der Waals surface area contributed by atoms with Crippen LogP contribution in [0.5, 0.6) is 0 Å². The number of aryl methyl sites for hydroxylation is 1. The smallest absolute Gasteiger partial charge is 0.216 e. The third-order valence-electron chi connectivity index (χ3n) is 5.39. The van der Waals surface area contributed by atoms with Crippen molar-refractivity contribution in [2.24, 2.45) is 0 Å². The zero-order chi connectivity index (χ0) is 22.0. The highest BCUT2D eigenvalue weighted by atomic mass is 15.2. The second kappa shape index (κ2) is 5.95. The number of fused-ring (bicyclic) bond motifs is 3. The summed E-state index contributed by atoms with van der Waals surface area (Å²) >= 11 is 0. The van der Waals surface area contributed by atoms with Crippen molar-refractivity contribution in [3.63, 3.8) is 0 Å². The first-order valence-electron chi connectivity index (χ1n) is 11.2. The number of imidazole rings is 1. The lowest BCUT2D eigenvalue weighted by molar-refractivity contribution is -0.694. The van der Waals surface area contributed by atoms with E-state index in [4.69, 9.17) is 4.11 Å². The van der Waals surface area contributed by atoms with Gasteiger partial charge in [0, 0.05) is 34.6 Å². The van der Waals surface area contributed by atoms with Gasteiger partial charge in [-0.1, -0.05) is 72.8 Å². The summed E-state index contributed by atoms with van der Waals surface area (Å²) in [4.78, 5) is 0. The molecule has 2 heterocycles. The largest absolute Gasteiger partial charge is 0.259 e. The Morgan fingerprint density at radius 2 is 1.59 bits per heavy atom. The number of hydrogen-bond acceptors (Lipinski definition) is 0. The van der Waals surface area contributed by atoms with E-state index in [-0.39, 0.29) is 5.82 Å². The first-order valence-corrected chi connectivity index (χ1v) is 9.16. The van der Waals surface area contributed by atoms with E-state index in [1.165, 1.54) is 0 Å². The molecule has 0 saturated carbocycles. The number of aromatic nitrogens is 2. The lowest BCUT2D eigenvalue weighted by Gasteiger charge is -2.13. The van der Waals surface area contributed by atoms with E-state index in [2.05, 4.69) is 0 Å². The Kier molecular flexibility index (Phi) is 2.71. The molecule has 4 aromatic rings. The van der Waals surface area contributed by atoms with E-state index < -0.39 is 12.9 Å². The SMILES string of the molecule is [2H]C([2H])([2H])c1n(-c2ccccc2C)c(C)c2[n+]1C([2H])(c1ccccc1)c1ccccc1-2. The van der Waals surface area contributed by atoms with Gasteiger partial charge in [-0.15, -0.1) is 0 Å². The second-order valence-electron chi connectivity index (χ2n) is 6.98. The molecule has 1 unspecified atom stereocenters. The van der Waals surface area contributed by atoms with E-state index in [0.29, 0.717) is 0 Å². The first kappa shape index (κ1) is 12.3. The number of rotatable bonds is 2. The molecule has 0 fully saturated rings. The van der Waals surface area contributed by atoms with Crippen molar-refractivity contribution < 1.29 is 10.1 Å². The summed E-state index contributed by atoms with van der Waals surface area (Å²) in [6, 6.07) is 23.7. The average molecular weight is 355 g/mol. The van der Waals surface area contributed by atoms with Gasteiger partial charge in [-0.3, -0.25) is 0 Å². The molecule has 0 aliphatic carbocycles. The van der Waals surface area contributed by atoms with Crippen molar-refractivity contribution in [2.45, 2.75) is 26.7 Å². The molecule has 132 valence electrons. The number of nitrogens with zero attached hydrogens (tertiary/aromatic N) is 2. The van der Waals surface area contributed by atoms with Gasteiger partial charge in [-0.05, 0) is 18.6 Å². The Labute approximate surface area is 166 Å². The van der Waals surface area contributed by atoms with Crippen molar-refractivity contribution in [1.29, 1.82) is 0 Å². The molecule has 0 radical (unpaired) electrons. The molecular weight excluding hydrogens is 328 g/mol. The zero-order valence-corrected chi connectivity index (χ0v) is 15.4. The molecule has 0 bridgehead atoms. The Hall–Kier alpha value is -3.13. The van der Waals surface area contributed by atoms with Crippen molar-refractivity contribution in [3.05, 3.63) is 107 Å². The van der Waals surface area contributed by atoms with Crippen LogP contribution < -0.4 is 4.57 Å². The van der Waals surface area contributed by atoms with Gasteiger partial charge in [-0.2, -0.15) is 4.57 Å². The van der Waals surface area contributed by atoms with Crippen molar-refractivity contribution in [1.82, 2.24) is 4.57 Å². The van der Waals surface area contributed by atoms with E-state index >= 15 is 0 Å². The van der Waals surface area contributed by atoms with Gasteiger partial charge in [0.2, 0.25) is 0 Å². The fourth-order valence-corrected chi connectivity index (χ4v) is 4.17. The van der Waals surface area contributed by atoms with Crippen molar-refractivity contribution in [3.8, 4) is 16.9 Å².